The van der Waals surface area contributed by atoms with Crippen molar-refractivity contribution in [2.45, 2.75) is 51.6 Å². The van der Waals surface area contributed by atoms with Gasteiger partial charge in [0.2, 0.25) is 0 Å². The molecule has 3 nitrogen and oxygen atoms in total. The van der Waals surface area contributed by atoms with E-state index in [-0.39, 0.29) is 11.8 Å². The average molecular weight is 284 g/mol. The van der Waals surface area contributed by atoms with Crippen molar-refractivity contribution in [1.29, 1.82) is 0 Å². The van der Waals surface area contributed by atoms with Gasteiger partial charge in [-0.25, -0.2) is 0 Å². The number of aromatic amines is 1. The molecule has 1 fully saturated rings. The Bertz CT molecular complexity index is 631. The SMILES string of the molecule is CCC1CCCCN1C(C)C(=O)c1c[nH]c2ccccc12. The van der Waals surface area contributed by atoms with E-state index in [1.54, 1.807) is 0 Å². The molecule has 1 saturated heterocycles. The molecule has 0 aliphatic carbocycles. The average Bonchev–Trinajstić information content (AvgIpc) is 2.97. The number of para-hydroxylation sites is 1. The van der Waals surface area contributed by atoms with Gasteiger partial charge in [0, 0.05) is 28.7 Å². The van der Waals surface area contributed by atoms with Crippen LogP contribution in [0.5, 0.6) is 0 Å². The third kappa shape index (κ3) is 2.62. The molecule has 1 aliphatic heterocycles. The largest absolute Gasteiger partial charge is 0.360 e. The molecule has 112 valence electrons. The van der Waals surface area contributed by atoms with Crippen LogP contribution in [0.2, 0.25) is 0 Å². The van der Waals surface area contributed by atoms with Gasteiger partial charge in [-0.05, 0) is 38.8 Å². The van der Waals surface area contributed by atoms with Crippen LogP contribution >= 0.6 is 0 Å². The molecule has 0 saturated carbocycles. The molecule has 1 aliphatic rings. The van der Waals surface area contributed by atoms with E-state index >= 15 is 0 Å². The first-order chi connectivity index (χ1) is 10.2. The second-order valence-electron chi connectivity index (χ2n) is 6.08. The van der Waals surface area contributed by atoms with E-state index in [1.807, 2.05) is 30.5 Å². The molecule has 0 spiro atoms. The second kappa shape index (κ2) is 6.02. The maximum atomic E-state index is 12.9. The number of nitrogens with zero attached hydrogens (tertiary/aromatic N) is 1. The van der Waals surface area contributed by atoms with E-state index in [0.717, 1.165) is 29.4 Å². The van der Waals surface area contributed by atoms with Crippen LogP contribution in [-0.4, -0.2) is 34.3 Å². The highest BCUT2D eigenvalue weighted by molar-refractivity contribution is 6.10. The maximum Gasteiger partial charge on any atom is 0.181 e. The summed E-state index contributed by atoms with van der Waals surface area (Å²) < 4.78 is 0. The van der Waals surface area contributed by atoms with E-state index in [9.17, 15) is 4.79 Å². The Balaban J connectivity index is 1.87. The topological polar surface area (TPSA) is 36.1 Å². The Morgan fingerprint density at radius 1 is 1.38 bits per heavy atom. The molecule has 2 aromatic rings. The van der Waals surface area contributed by atoms with Gasteiger partial charge >= 0.3 is 0 Å². The molecule has 0 bridgehead atoms. The van der Waals surface area contributed by atoms with Crippen molar-refractivity contribution in [3.8, 4) is 0 Å². The molecule has 2 heterocycles. The van der Waals surface area contributed by atoms with Crippen LogP contribution in [0.15, 0.2) is 30.5 Å². The van der Waals surface area contributed by atoms with Crippen molar-refractivity contribution in [3.05, 3.63) is 36.0 Å². The molecule has 1 N–H and O–H groups in total. The van der Waals surface area contributed by atoms with Crippen molar-refractivity contribution in [1.82, 2.24) is 9.88 Å². The van der Waals surface area contributed by atoms with Crippen LogP contribution in [0.4, 0.5) is 0 Å². The molecule has 1 aromatic carbocycles. The van der Waals surface area contributed by atoms with E-state index in [2.05, 4.69) is 23.7 Å². The first-order valence-electron chi connectivity index (χ1n) is 8.08. The zero-order valence-electron chi connectivity index (χ0n) is 12.9. The van der Waals surface area contributed by atoms with Crippen molar-refractivity contribution in [2.75, 3.05) is 6.54 Å². The fourth-order valence-corrected chi connectivity index (χ4v) is 3.62. The van der Waals surface area contributed by atoms with Crippen LogP contribution in [0.3, 0.4) is 0 Å². The Kier molecular flexibility index (Phi) is 4.11. The summed E-state index contributed by atoms with van der Waals surface area (Å²) in [6, 6.07) is 8.56. The van der Waals surface area contributed by atoms with E-state index in [1.165, 1.54) is 19.3 Å². The van der Waals surface area contributed by atoms with Gasteiger partial charge in [-0.2, -0.15) is 0 Å². The first kappa shape index (κ1) is 14.3. The molecule has 0 radical (unpaired) electrons. The minimum Gasteiger partial charge on any atom is -0.360 e. The van der Waals surface area contributed by atoms with Crippen LogP contribution < -0.4 is 0 Å². The van der Waals surface area contributed by atoms with Crippen LogP contribution in [0.1, 0.15) is 49.9 Å². The number of rotatable bonds is 4. The zero-order valence-corrected chi connectivity index (χ0v) is 12.9. The number of benzene rings is 1. The van der Waals surface area contributed by atoms with Crippen molar-refractivity contribution in [3.63, 3.8) is 0 Å². The number of hydrogen-bond donors (Lipinski definition) is 1. The summed E-state index contributed by atoms with van der Waals surface area (Å²) in [5, 5.41) is 1.04. The van der Waals surface area contributed by atoms with Gasteiger partial charge < -0.3 is 4.98 Å². The number of carbonyl (C=O) groups is 1. The number of piperidine rings is 1. The second-order valence-corrected chi connectivity index (χ2v) is 6.08. The fraction of sp³-hybridized carbons (Fsp3) is 0.500. The monoisotopic (exact) mass is 284 g/mol. The van der Waals surface area contributed by atoms with Gasteiger partial charge in [0.05, 0.1) is 6.04 Å². The molecule has 2 unspecified atom stereocenters. The smallest absolute Gasteiger partial charge is 0.181 e. The van der Waals surface area contributed by atoms with E-state index < -0.39 is 0 Å². The Morgan fingerprint density at radius 3 is 3.00 bits per heavy atom. The Labute approximate surface area is 126 Å². The molecule has 3 heteroatoms. The number of fused-ring (bicyclic) bond motifs is 1. The highest BCUT2D eigenvalue weighted by atomic mass is 16.1. The normalized spacial score (nSPS) is 21.5. The molecule has 0 amide bonds. The lowest BCUT2D eigenvalue weighted by Crippen LogP contribution is -2.48. The Morgan fingerprint density at radius 2 is 2.19 bits per heavy atom. The highest BCUT2D eigenvalue weighted by Gasteiger charge is 2.30. The molecule has 1 aromatic heterocycles. The minimum atomic E-state index is -0.0329. The number of aromatic nitrogens is 1. The summed E-state index contributed by atoms with van der Waals surface area (Å²) >= 11 is 0. The van der Waals surface area contributed by atoms with Gasteiger partial charge in [-0.15, -0.1) is 0 Å². The van der Waals surface area contributed by atoms with Crippen molar-refractivity contribution in [2.24, 2.45) is 0 Å². The number of nitrogens with one attached hydrogen (secondary N) is 1. The third-order valence-corrected chi connectivity index (χ3v) is 4.88. The number of ketones is 1. The van der Waals surface area contributed by atoms with Gasteiger partial charge in [0.15, 0.2) is 5.78 Å². The molecular formula is C18H24N2O. The molecule has 21 heavy (non-hydrogen) atoms. The van der Waals surface area contributed by atoms with Crippen LogP contribution in [0.25, 0.3) is 10.9 Å². The standard InChI is InChI=1S/C18H24N2O/c1-3-14-8-6-7-11-20(14)13(2)18(21)16-12-19-17-10-5-4-9-15(16)17/h4-5,9-10,12-14,19H,3,6-8,11H2,1-2H3. The minimum absolute atomic E-state index is 0.0329. The van der Waals surface area contributed by atoms with Crippen LogP contribution in [0, 0.1) is 0 Å². The van der Waals surface area contributed by atoms with Gasteiger partial charge in [-0.3, -0.25) is 9.69 Å². The van der Waals surface area contributed by atoms with Crippen molar-refractivity contribution < 1.29 is 4.79 Å². The summed E-state index contributed by atoms with van der Waals surface area (Å²) in [6.07, 6.45) is 6.73. The maximum absolute atomic E-state index is 12.9. The van der Waals surface area contributed by atoms with Crippen LogP contribution in [-0.2, 0) is 0 Å². The van der Waals surface area contributed by atoms with Gasteiger partial charge in [0.1, 0.15) is 0 Å². The lowest BCUT2D eigenvalue weighted by Gasteiger charge is -2.38. The van der Waals surface area contributed by atoms with Gasteiger partial charge in [0.25, 0.3) is 0 Å². The lowest BCUT2D eigenvalue weighted by molar-refractivity contribution is 0.0663. The lowest BCUT2D eigenvalue weighted by atomic mass is 9.95. The predicted molar refractivity (Wildman–Crippen MR) is 86.7 cm³/mol. The van der Waals surface area contributed by atoms with E-state index in [4.69, 9.17) is 0 Å². The summed E-state index contributed by atoms with van der Waals surface area (Å²) in [7, 11) is 0. The summed E-state index contributed by atoms with van der Waals surface area (Å²) in [6.45, 7) is 5.34. The number of carbonyl (C=O) groups excluding carboxylic acids is 1. The molecular weight excluding hydrogens is 260 g/mol. The van der Waals surface area contributed by atoms with Gasteiger partial charge in [-0.1, -0.05) is 31.5 Å². The highest BCUT2D eigenvalue weighted by Crippen LogP contribution is 2.25. The quantitative estimate of drug-likeness (QED) is 0.861. The summed E-state index contributed by atoms with van der Waals surface area (Å²) in [5.74, 6) is 0.243. The summed E-state index contributed by atoms with van der Waals surface area (Å²) in [4.78, 5) is 18.5. The van der Waals surface area contributed by atoms with Crippen molar-refractivity contribution >= 4 is 16.7 Å². The predicted octanol–water partition coefficient (Wildman–Crippen LogP) is 4.00. The number of hydrogen-bond acceptors (Lipinski definition) is 2. The first-order valence-corrected chi connectivity index (χ1v) is 8.08. The molecule has 2 atom stereocenters. The zero-order chi connectivity index (χ0) is 14.8. The summed E-state index contributed by atoms with van der Waals surface area (Å²) in [5.41, 5.74) is 1.87. The van der Waals surface area contributed by atoms with E-state index in [0.29, 0.717) is 6.04 Å². The number of Topliss-reactive ketones (excluding diaryl/α,β-unsaturated/α-hetero) is 1. The Hall–Kier alpha value is -1.61. The fourth-order valence-electron chi connectivity index (χ4n) is 3.62. The number of H-pyrrole nitrogens is 1. The molecule has 3 rings (SSSR count). The number of likely N-dealkylation sites (tertiary alicyclic amines) is 1. The third-order valence-electron chi connectivity index (χ3n) is 4.88.